The lowest BCUT2D eigenvalue weighted by Crippen LogP contribution is -2.65. The molecule has 5 rings (SSSR count). The number of hydrogen-bond donors (Lipinski definition) is 2. The summed E-state index contributed by atoms with van der Waals surface area (Å²) in [6.07, 6.45) is 4.72. The molecule has 0 saturated carbocycles. The number of benzene rings is 1. The number of rotatable bonds is 4. The highest BCUT2D eigenvalue weighted by atomic mass is 19.1. The van der Waals surface area contributed by atoms with Crippen LogP contribution in [0.3, 0.4) is 0 Å². The molecule has 7 nitrogen and oxygen atoms in total. The molecule has 2 aromatic rings. The van der Waals surface area contributed by atoms with Crippen molar-refractivity contribution in [2.75, 3.05) is 31.9 Å². The molecule has 3 aliphatic heterocycles. The van der Waals surface area contributed by atoms with Crippen LogP contribution < -0.4 is 11.1 Å². The van der Waals surface area contributed by atoms with Crippen LogP contribution in [-0.4, -0.2) is 52.8 Å². The summed E-state index contributed by atoms with van der Waals surface area (Å²) in [5.41, 5.74) is 7.37. The highest BCUT2D eigenvalue weighted by molar-refractivity contribution is 5.91. The van der Waals surface area contributed by atoms with Gasteiger partial charge in [-0.3, -0.25) is 14.5 Å². The molecule has 1 aromatic carbocycles. The quantitative estimate of drug-likeness (QED) is 0.697. The number of aromatic nitrogens is 1. The monoisotopic (exact) mass is 451 g/mol. The normalized spacial score (nSPS) is 23.2. The zero-order valence-electron chi connectivity index (χ0n) is 18.7. The van der Waals surface area contributed by atoms with Crippen LogP contribution in [0, 0.1) is 17.2 Å². The second-order valence-electron chi connectivity index (χ2n) is 9.58. The van der Waals surface area contributed by atoms with Crippen molar-refractivity contribution < 1.29 is 14.0 Å². The Morgan fingerprint density at radius 2 is 1.82 bits per heavy atom. The topological polar surface area (TPSA) is 91.6 Å². The second kappa shape index (κ2) is 8.74. The third kappa shape index (κ3) is 4.19. The van der Waals surface area contributed by atoms with Gasteiger partial charge >= 0.3 is 0 Å². The molecular weight excluding hydrogens is 421 g/mol. The minimum Gasteiger partial charge on any atom is -0.384 e. The molecule has 2 amide bonds. The molecule has 1 atom stereocenters. The van der Waals surface area contributed by atoms with E-state index in [1.807, 2.05) is 17.0 Å². The van der Waals surface area contributed by atoms with Gasteiger partial charge < -0.3 is 16.0 Å². The fraction of sp³-hybridized carbons (Fsp3) is 0.480. The van der Waals surface area contributed by atoms with E-state index in [0.717, 1.165) is 43.6 Å². The molecule has 1 unspecified atom stereocenters. The van der Waals surface area contributed by atoms with Crippen molar-refractivity contribution in [2.24, 2.45) is 11.3 Å². The lowest BCUT2D eigenvalue weighted by atomic mass is 9.64. The molecule has 4 heterocycles. The Bertz CT molecular complexity index is 1030. The van der Waals surface area contributed by atoms with Crippen LogP contribution in [0.15, 0.2) is 42.6 Å². The van der Waals surface area contributed by atoms with Gasteiger partial charge in [-0.1, -0.05) is 12.1 Å². The third-order valence-electron chi connectivity index (χ3n) is 7.64. The molecule has 3 aliphatic rings. The molecule has 8 heteroatoms. The smallest absolute Gasteiger partial charge is 0.229 e. The minimum absolute atomic E-state index is 0.0425. The number of carbonyl (C=O) groups is 2. The Labute approximate surface area is 193 Å². The maximum Gasteiger partial charge on any atom is 0.229 e. The summed E-state index contributed by atoms with van der Waals surface area (Å²) in [6.45, 7) is 3.78. The predicted octanol–water partition coefficient (Wildman–Crippen LogP) is 2.49. The van der Waals surface area contributed by atoms with Crippen molar-refractivity contribution in [3.63, 3.8) is 0 Å². The van der Waals surface area contributed by atoms with E-state index in [2.05, 4.69) is 15.2 Å². The zero-order chi connectivity index (χ0) is 23.0. The molecule has 1 spiro atoms. The molecular formula is C25H30FN5O2. The van der Waals surface area contributed by atoms with Gasteiger partial charge in [0.15, 0.2) is 0 Å². The minimum atomic E-state index is -0.482. The largest absolute Gasteiger partial charge is 0.384 e. The second-order valence-corrected chi connectivity index (χ2v) is 9.58. The summed E-state index contributed by atoms with van der Waals surface area (Å²) in [7, 11) is 0. The molecule has 3 saturated heterocycles. The van der Waals surface area contributed by atoms with Gasteiger partial charge in [-0.25, -0.2) is 9.37 Å². The number of nitrogens with one attached hydrogen (secondary N) is 1. The zero-order valence-corrected chi connectivity index (χ0v) is 18.7. The fourth-order valence-corrected chi connectivity index (χ4v) is 5.61. The molecule has 0 radical (unpaired) electrons. The molecule has 1 aromatic heterocycles. The first-order valence-corrected chi connectivity index (χ1v) is 11.7. The van der Waals surface area contributed by atoms with Crippen LogP contribution in [0.4, 0.5) is 10.2 Å². The van der Waals surface area contributed by atoms with Gasteiger partial charge in [-0.15, -0.1) is 0 Å². The van der Waals surface area contributed by atoms with Crippen molar-refractivity contribution in [2.45, 2.75) is 38.3 Å². The highest BCUT2D eigenvalue weighted by Crippen LogP contribution is 2.49. The van der Waals surface area contributed by atoms with Crippen molar-refractivity contribution in [1.29, 1.82) is 0 Å². The van der Waals surface area contributed by atoms with Crippen LogP contribution in [-0.2, 0) is 16.1 Å². The standard InChI is InChI=1S/C25H30FN5O2/c26-20-3-1-18(2-4-20)22-25(24(33)29-22)8-13-31(14-9-25)23(32)19-6-11-30(12-7-19)16-17-5-10-28-21(27)15-17/h1-5,10,15,19,22H,6-9,11-14,16H2,(H2,27,28)(H,29,33). The van der Waals surface area contributed by atoms with E-state index in [1.165, 1.54) is 12.1 Å². The molecule has 174 valence electrons. The maximum atomic E-state index is 13.3. The molecule has 3 N–H and O–H groups in total. The molecule has 0 bridgehead atoms. The Morgan fingerprint density at radius 3 is 2.45 bits per heavy atom. The predicted molar refractivity (Wildman–Crippen MR) is 122 cm³/mol. The first-order valence-electron chi connectivity index (χ1n) is 11.7. The number of amides is 2. The SMILES string of the molecule is Nc1cc(CN2CCC(C(=O)N3CCC4(CC3)C(=O)NC4c3ccc(F)cc3)CC2)ccn1. The number of hydrogen-bond acceptors (Lipinski definition) is 5. The number of likely N-dealkylation sites (tertiary alicyclic amines) is 2. The van der Waals surface area contributed by atoms with E-state index >= 15 is 0 Å². The summed E-state index contributed by atoms with van der Waals surface area (Å²) in [5.74, 6) is 0.558. The van der Waals surface area contributed by atoms with E-state index in [4.69, 9.17) is 5.73 Å². The van der Waals surface area contributed by atoms with Gasteiger partial charge in [0.25, 0.3) is 0 Å². The Kier molecular flexibility index (Phi) is 5.78. The number of nitrogens with two attached hydrogens (primary N) is 1. The van der Waals surface area contributed by atoms with Crippen molar-refractivity contribution >= 4 is 17.6 Å². The van der Waals surface area contributed by atoms with E-state index in [1.54, 1.807) is 18.3 Å². The van der Waals surface area contributed by atoms with E-state index in [-0.39, 0.29) is 29.6 Å². The number of piperidine rings is 2. The average molecular weight is 452 g/mol. The Balaban J connectivity index is 1.14. The highest BCUT2D eigenvalue weighted by Gasteiger charge is 2.56. The van der Waals surface area contributed by atoms with Crippen LogP contribution in [0.25, 0.3) is 0 Å². The molecule has 0 aliphatic carbocycles. The summed E-state index contributed by atoms with van der Waals surface area (Å²) >= 11 is 0. The summed E-state index contributed by atoms with van der Waals surface area (Å²) in [4.78, 5) is 34.1. The van der Waals surface area contributed by atoms with Crippen molar-refractivity contribution in [3.05, 3.63) is 59.5 Å². The van der Waals surface area contributed by atoms with Crippen LogP contribution in [0.2, 0.25) is 0 Å². The number of anilines is 1. The number of halogens is 1. The van der Waals surface area contributed by atoms with E-state index in [9.17, 15) is 14.0 Å². The number of carbonyl (C=O) groups excluding carboxylic acids is 2. The molecule has 3 fully saturated rings. The summed E-state index contributed by atoms with van der Waals surface area (Å²) in [5, 5.41) is 2.99. The summed E-state index contributed by atoms with van der Waals surface area (Å²) in [6, 6.07) is 10.1. The van der Waals surface area contributed by atoms with Crippen molar-refractivity contribution in [1.82, 2.24) is 20.1 Å². The van der Waals surface area contributed by atoms with Crippen LogP contribution in [0.5, 0.6) is 0 Å². The van der Waals surface area contributed by atoms with Gasteiger partial charge in [0.1, 0.15) is 11.6 Å². The number of nitrogen functional groups attached to an aromatic ring is 1. The number of pyridine rings is 1. The van der Waals surface area contributed by atoms with E-state index < -0.39 is 5.41 Å². The number of nitrogens with zero attached hydrogens (tertiary/aromatic N) is 3. The Hall–Kier alpha value is -3.00. The Morgan fingerprint density at radius 1 is 1.12 bits per heavy atom. The lowest BCUT2D eigenvalue weighted by Gasteiger charge is -2.53. The third-order valence-corrected chi connectivity index (χ3v) is 7.64. The van der Waals surface area contributed by atoms with Crippen molar-refractivity contribution in [3.8, 4) is 0 Å². The van der Waals surface area contributed by atoms with Gasteiger partial charge in [0.2, 0.25) is 11.8 Å². The first-order chi connectivity index (χ1) is 15.9. The summed E-state index contributed by atoms with van der Waals surface area (Å²) < 4.78 is 13.3. The first kappa shape index (κ1) is 21.8. The fourth-order valence-electron chi connectivity index (χ4n) is 5.61. The van der Waals surface area contributed by atoms with Gasteiger partial charge in [-0.2, -0.15) is 0 Å². The van der Waals surface area contributed by atoms with Crippen LogP contribution in [0.1, 0.15) is 42.9 Å². The molecule has 33 heavy (non-hydrogen) atoms. The number of β-lactam (4-membered cyclic amide) rings is 1. The van der Waals surface area contributed by atoms with Crippen LogP contribution >= 0.6 is 0 Å². The van der Waals surface area contributed by atoms with E-state index in [0.29, 0.717) is 31.7 Å². The van der Waals surface area contributed by atoms with Gasteiger partial charge in [0, 0.05) is 31.7 Å². The average Bonchev–Trinajstić information content (AvgIpc) is 2.83. The maximum absolute atomic E-state index is 13.3. The van der Waals surface area contributed by atoms with Gasteiger partial charge in [0.05, 0.1) is 11.5 Å². The van der Waals surface area contributed by atoms with Gasteiger partial charge in [-0.05, 0) is 74.2 Å². The lowest BCUT2D eigenvalue weighted by molar-refractivity contribution is -0.156.